The molecule has 0 aliphatic carbocycles. The molecule has 0 unspecified atom stereocenters. The molecule has 0 aliphatic heterocycles. The Morgan fingerprint density at radius 2 is 0.761 bits per heavy atom. The van der Waals surface area contributed by atoms with Crippen molar-refractivity contribution < 1.29 is 0 Å². The van der Waals surface area contributed by atoms with Crippen LogP contribution in [-0.4, -0.2) is 9.13 Å². The van der Waals surface area contributed by atoms with E-state index in [2.05, 4.69) is 263 Å². The first-order valence-corrected chi connectivity index (χ1v) is 23.1. The molecule has 312 valence electrons. The summed E-state index contributed by atoms with van der Waals surface area (Å²) < 4.78 is 4.86. The second kappa shape index (κ2) is 14.8. The molecule has 0 radical (unpaired) electrons. The maximum absolute atomic E-state index is 2.48. The van der Waals surface area contributed by atoms with E-state index in [-0.39, 0.29) is 0 Å². The molecule has 67 heavy (non-hydrogen) atoms. The Labute approximate surface area is 387 Å². The minimum atomic E-state index is 1.12. The van der Waals surface area contributed by atoms with Gasteiger partial charge >= 0.3 is 0 Å². The summed E-state index contributed by atoms with van der Waals surface area (Å²) in [4.78, 5) is 2.32. The van der Waals surface area contributed by atoms with Gasteiger partial charge in [-0.2, -0.15) is 0 Å². The average molecular weight is 852 g/mol. The summed E-state index contributed by atoms with van der Waals surface area (Å²) in [5, 5.41) is 12.7. The first-order chi connectivity index (χ1) is 33.2. The summed E-state index contributed by atoms with van der Waals surface area (Å²) in [7, 11) is 0. The summed E-state index contributed by atoms with van der Waals surface area (Å²) in [5.74, 6) is 0. The Morgan fingerprint density at radius 1 is 0.254 bits per heavy atom. The van der Waals surface area contributed by atoms with Crippen LogP contribution in [0.15, 0.2) is 249 Å². The third-order valence-corrected chi connectivity index (χ3v) is 14.0. The van der Waals surface area contributed by atoms with Gasteiger partial charge in [0, 0.05) is 50.0 Å². The van der Waals surface area contributed by atoms with Crippen molar-refractivity contribution in [1.29, 1.82) is 0 Å². The number of fused-ring (bicyclic) bond motifs is 7. The lowest BCUT2D eigenvalue weighted by Crippen LogP contribution is -2.09. The molecular formula is C64H41N3. The van der Waals surface area contributed by atoms with Crippen molar-refractivity contribution in [2.75, 3.05) is 4.90 Å². The maximum Gasteiger partial charge on any atom is 0.0553 e. The first-order valence-electron chi connectivity index (χ1n) is 23.1. The summed E-state index contributed by atoms with van der Waals surface area (Å²) in [5.41, 5.74) is 15.4. The largest absolute Gasteiger partial charge is 0.311 e. The molecule has 12 aromatic carbocycles. The number of anilines is 3. The van der Waals surface area contributed by atoms with E-state index in [0.29, 0.717) is 0 Å². The number of nitrogens with zero attached hydrogens (tertiary/aromatic N) is 3. The van der Waals surface area contributed by atoms with Gasteiger partial charge in [0.15, 0.2) is 0 Å². The molecule has 0 saturated carbocycles. The normalized spacial score (nSPS) is 11.9. The van der Waals surface area contributed by atoms with Crippen molar-refractivity contribution in [2.45, 2.75) is 0 Å². The number of hydrogen-bond acceptors (Lipinski definition) is 1. The van der Waals surface area contributed by atoms with Crippen LogP contribution in [0.2, 0.25) is 0 Å². The van der Waals surface area contributed by atoms with Gasteiger partial charge in [-0.3, -0.25) is 0 Å². The lowest BCUT2D eigenvalue weighted by Gasteiger charge is -2.25. The summed E-state index contributed by atoms with van der Waals surface area (Å²) in [6.45, 7) is 0. The van der Waals surface area contributed by atoms with Gasteiger partial charge in [0.25, 0.3) is 0 Å². The zero-order valence-electron chi connectivity index (χ0n) is 36.5. The van der Waals surface area contributed by atoms with E-state index in [0.717, 1.165) is 22.7 Å². The second-order valence-electron chi connectivity index (χ2n) is 17.7. The van der Waals surface area contributed by atoms with E-state index in [1.807, 2.05) is 0 Å². The van der Waals surface area contributed by atoms with Gasteiger partial charge in [0.2, 0.25) is 0 Å². The van der Waals surface area contributed by atoms with Gasteiger partial charge in [-0.15, -0.1) is 0 Å². The highest BCUT2D eigenvalue weighted by atomic mass is 15.1. The van der Waals surface area contributed by atoms with Crippen LogP contribution in [0.4, 0.5) is 17.1 Å². The molecule has 3 heteroatoms. The standard InChI is InChI=1S/C64H41N3/c1-5-15-47(16-6-1)65(48-17-7-2-8-18-48)51-32-27-42(28-33-51)52-34-29-43-25-26-46-41-61-64(56-37-36-54(52)62(43)63(46)56)55-35-30-45(40-60(55)67(61)50-21-11-4-12-22-50)44-31-38-59-57(39-44)53-23-13-14-24-58(53)66(59)49-19-9-3-10-20-49/h1-41H. The lowest BCUT2D eigenvalue weighted by molar-refractivity contribution is 1.18. The van der Waals surface area contributed by atoms with E-state index in [1.54, 1.807) is 0 Å². The summed E-state index contributed by atoms with van der Waals surface area (Å²) in [6.07, 6.45) is 0. The molecule has 0 saturated heterocycles. The molecule has 0 aliphatic rings. The molecule has 2 heterocycles. The lowest BCUT2D eigenvalue weighted by atomic mass is 9.88. The van der Waals surface area contributed by atoms with Crippen LogP contribution in [0.5, 0.6) is 0 Å². The second-order valence-corrected chi connectivity index (χ2v) is 17.7. The van der Waals surface area contributed by atoms with Crippen molar-refractivity contribution in [3.8, 4) is 33.6 Å². The van der Waals surface area contributed by atoms with Crippen LogP contribution in [0.25, 0.3) is 110 Å². The molecule has 0 amide bonds. The summed E-state index contributed by atoms with van der Waals surface area (Å²) >= 11 is 0. The highest BCUT2D eigenvalue weighted by Gasteiger charge is 2.21. The van der Waals surface area contributed by atoms with Gasteiger partial charge in [-0.05, 0) is 146 Å². The molecular weight excluding hydrogens is 811 g/mol. The minimum Gasteiger partial charge on any atom is -0.311 e. The molecule has 0 atom stereocenters. The number of hydrogen-bond donors (Lipinski definition) is 0. The topological polar surface area (TPSA) is 13.1 Å². The monoisotopic (exact) mass is 851 g/mol. The first kappa shape index (κ1) is 37.5. The number of benzene rings is 12. The van der Waals surface area contributed by atoms with E-state index in [1.165, 1.54) is 104 Å². The maximum atomic E-state index is 2.48. The minimum absolute atomic E-state index is 1.12. The van der Waals surface area contributed by atoms with Crippen LogP contribution in [0, 0.1) is 0 Å². The molecule has 0 bridgehead atoms. The third kappa shape index (κ3) is 5.78. The van der Waals surface area contributed by atoms with Crippen molar-refractivity contribution in [3.63, 3.8) is 0 Å². The third-order valence-electron chi connectivity index (χ3n) is 14.0. The number of rotatable bonds is 7. The van der Waals surface area contributed by atoms with E-state index >= 15 is 0 Å². The molecule has 3 nitrogen and oxygen atoms in total. The Kier molecular flexibility index (Phi) is 8.28. The van der Waals surface area contributed by atoms with Crippen molar-refractivity contribution in [3.05, 3.63) is 249 Å². The van der Waals surface area contributed by atoms with Crippen LogP contribution < -0.4 is 4.90 Å². The SMILES string of the molecule is c1ccc(N(c2ccccc2)c2ccc(-c3ccc4ccc5cc6c(c7ccc3c4c57)c3ccc(-c4ccc5c(c4)c4ccccc4n5-c4ccccc4)cc3n6-c3ccccc3)cc2)cc1. The fourth-order valence-electron chi connectivity index (χ4n) is 11.1. The van der Waals surface area contributed by atoms with Crippen LogP contribution >= 0.6 is 0 Å². The quantitative estimate of drug-likeness (QED) is 0.146. The molecule has 2 aromatic heterocycles. The number of para-hydroxylation sites is 5. The van der Waals surface area contributed by atoms with Crippen LogP contribution in [0.3, 0.4) is 0 Å². The van der Waals surface area contributed by atoms with Gasteiger partial charge < -0.3 is 14.0 Å². The Bertz CT molecular complexity index is 4130. The number of aromatic nitrogens is 2. The molecule has 0 fully saturated rings. The van der Waals surface area contributed by atoms with Crippen molar-refractivity contribution in [1.82, 2.24) is 9.13 Å². The van der Waals surface area contributed by atoms with E-state index in [4.69, 9.17) is 0 Å². The zero-order chi connectivity index (χ0) is 44.0. The highest BCUT2D eigenvalue weighted by Crippen LogP contribution is 2.46. The fraction of sp³-hybridized carbons (Fsp3) is 0. The van der Waals surface area contributed by atoms with E-state index in [9.17, 15) is 0 Å². The molecule has 14 rings (SSSR count). The van der Waals surface area contributed by atoms with Crippen molar-refractivity contribution >= 4 is 93.0 Å². The fourth-order valence-corrected chi connectivity index (χ4v) is 11.1. The Morgan fingerprint density at radius 3 is 1.48 bits per heavy atom. The van der Waals surface area contributed by atoms with Gasteiger partial charge in [-0.25, -0.2) is 0 Å². The smallest absolute Gasteiger partial charge is 0.0553 e. The predicted molar refractivity (Wildman–Crippen MR) is 284 cm³/mol. The Balaban J connectivity index is 0.943. The molecule has 14 aromatic rings. The van der Waals surface area contributed by atoms with Gasteiger partial charge in [0.1, 0.15) is 0 Å². The zero-order valence-corrected chi connectivity index (χ0v) is 36.5. The van der Waals surface area contributed by atoms with Gasteiger partial charge in [-0.1, -0.05) is 158 Å². The Hall–Kier alpha value is -8.92. The van der Waals surface area contributed by atoms with Crippen LogP contribution in [-0.2, 0) is 0 Å². The van der Waals surface area contributed by atoms with Crippen LogP contribution in [0.1, 0.15) is 0 Å². The van der Waals surface area contributed by atoms with E-state index < -0.39 is 0 Å². The predicted octanol–water partition coefficient (Wildman–Crippen LogP) is 17.6. The summed E-state index contributed by atoms with van der Waals surface area (Å²) in [6, 6.07) is 91.1. The van der Waals surface area contributed by atoms with Gasteiger partial charge in [0.05, 0.1) is 22.1 Å². The average Bonchev–Trinajstić information content (AvgIpc) is 3.91. The highest BCUT2D eigenvalue weighted by molar-refractivity contribution is 6.34. The molecule has 0 N–H and O–H groups in total. The molecule has 0 spiro atoms. The van der Waals surface area contributed by atoms with Crippen molar-refractivity contribution in [2.24, 2.45) is 0 Å².